The number of oxazole rings is 1. The largest absolute Gasteiger partial charge is 0.439 e. The molecule has 3 heteroatoms. The molecule has 0 bridgehead atoms. The van der Waals surface area contributed by atoms with Crippen molar-refractivity contribution in [2.45, 2.75) is 20.8 Å². The minimum absolute atomic E-state index is 0.465. The average Bonchev–Trinajstić information content (AvgIpc) is 2.49. The van der Waals surface area contributed by atoms with E-state index in [2.05, 4.69) is 11.6 Å². The lowest BCUT2D eigenvalue weighted by molar-refractivity contribution is 0.515. The summed E-state index contributed by atoms with van der Waals surface area (Å²) < 4.78 is 5.03. The summed E-state index contributed by atoms with van der Waals surface area (Å²) in [7, 11) is 0. The Bertz CT molecular complexity index is 238. The number of nitrogens with zero attached hydrogens (tertiary/aromatic N) is 1. The van der Waals surface area contributed by atoms with Crippen molar-refractivity contribution in [3.63, 3.8) is 0 Å². The van der Waals surface area contributed by atoms with E-state index in [0.29, 0.717) is 17.3 Å². The van der Waals surface area contributed by atoms with Gasteiger partial charge in [-0.1, -0.05) is 20.4 Å². The van der Waals surface area contributed by atoms with E-state index in [0.717, 1.165) is 6.21 Å². The molecular weight excluding hydrogens is 152 g/mol. The van der Waals surface area contributed by atoms with Crippen molar-refractivity contribution in [3.05, 3.63) is 23.9 Å². The molecule has 3 nitrogen and oxygen atoms in total. The smallest absolute Gasteiger partial charge is 0.192 e. The van der Waals surface area contributed by atoms with Crippen LogP contribution < -0.4 is 0 Å². The van der Waals surface area contributed by atoms with Gasteiger partial charge in [0.25, 0.3) is 0 Å². The fourth-order valence-corrected chi connectivity index (χ4v) is 0.709. The predicted molar refractivity (Wildman–Crippen MR) is 50.6 cm³/mol. The number of rotatable bonds is 2. The van der Waals surface area contributed by atoms with E-state index in [-0.39, 0.29) is 0 Å². The van der Waals surface area contributed by atoms with Crippen LogP contribution in [0, 0.1) is 12.3 Å². The van der Waals surface area contributed by atoms with Crippen molar-refractivity contribution in [1.82, 2.24) is 4.98 Å². The second-order valence-corrected chi connectivity index (χ2v) is 1.83. The molecule has 1 aromatic heterocycles. The van der Waals surface area contributed by atoms with Crippen molar-refractivity contribution < 1.29 is 4.42 Å². The number of hydrogen-bond donors (Lipinski definition) is 1. The zero-order valence-corrected chi connectivity index (χ0v) is 7.72. The van der Waals surface area contributed by atoms with Crippen molar-refractivity contribution >= 4 is 12.3 Å². The highest BCUT2D eigenvalue weighted by molar-refractivity contribution is 5.78. The van der Waals surface area contributed by atoms with Gasteiger partial charge in [0.1, 0.15) is 5.69 Å². The molecule has 0 amide bonds. The summed E-state index contributed by atoms with van der Waals surface area (Å²) in [6.07, 6.45) is 2.69. The van der Waals surface area contributed by atoms with E-state index in [1.165, 1.54) is 0 Å². The van der Waals surface area contributed by atoms with E-state index >= 15 is 0 Å². The molecule has 0 aliphatic carbocycles. The second-order valence-electron chi connectivity index (χ2n) is 1.83. The molecule has 0 radical (unpaired) electrons. The Morgan fingerprint density at radius 3 is 2.42 bits per heavy atom. The van der Waals surface area contributed by atoms with Crippen LogP contribution in [0.25, 0.3) is 6.08 Å². The zero-order valence-electron chi connectivity index (χ0n) is 7.72. The van der Waals surface area contributed by atoms with Crippen LogP contribution in [-0.4, -0.2) is 11.2 Å². The molecule has 1 aromatic rings. The van der Waals surface area contributed by atoms with Gasteiger partial charge >= 0.3 is 0 Å². The summed E-state index contributed by atoms with van der Waals surface area (Å²) in [5, 5.41) is 6.89. The standard InChI is InChI=1S/C7H8N2O.C2H6/c1-3-6-7(4-8)10-5(2)9-6;1-2/h3-4,8H,1H2,2H3;1-2H3. The maximum Gasteiger partial charge on any atom is 0.192 e. The van der Waals surface area contributed by atoms with Gasteiger partial charge < -0.3 is 9.83 Å². The van der Waals surface area contributed by atoms with E-state index < -0.39 is 0 Å². The van der Waals surface area contributed by atoms with Crippen LogP contribution in [0.5, 0.6) is 0 Å². The lowest BCUT2D eigenvalue weighted by Gasteiger charge is -1.80. The van der Waals surface area contributed by atoms with Crippen molar-refractivity contribution in [3.8, 4) is 0 Å². The van der Waals surface area contributed by atoms with Crippen molar-refractivity contribution in [1.29, 1.82) is 5.41 Å². The van der Waals surface area contributed by atoms with Gasteiger partial charge in [-0.25, -0.2) is 4.98 Å². The Hall–Kier alpha value is -1.38. The van der Waals surface area contributed by atoms with E-state index in [4.69, 9.17) is 9.83 Å². The normalized spacial score (nSPS) is 8.25. The Kier molecular flexibility index (Phi) is 4.69. The molecule has 0 fully saturated rings. The third kappa shape index (κ3) is 2.34. The maximum atomic E-state index is 6.89. The molecule has 0 unspecified atom stereocenters. The number of aryl methyl sites for hydroxylation is 1. The van der Waals surface area contributed by atoms with Gasteiger partial charge in [-0.2, -0.15) is 0 Å². The summed E-state index contributed by atoms with van der Waals surface area (Å²) in [6.45, 7) is 9.26. The Balaban J connectivity index is 0.000000561. The molecule has 1 heterocycles. The average molecular weight is 166 g/mol. The van der Waals surface area contributed by atoms with Gasteiger partial charge in [0.05, 0.1) is 6.21 Å². The molecule has 0 aliphatic rings. The summed E-state index contributed by atoms with van der Waals surface area (Å²) in [4.78, 5) is 3.96. The molecule has 0 aliphatic heterocycles. The fraction of sp³-hybridized carbons (Fsp3) is 0.333. The SMILES string of the molecule is C=Cc1nc(C)oc1C=N.CC. The van der Waals surface area contributed by atoms with Gasteiger partial charge in [-0.3, -0.25) is 0 Å². The highest BCUT2D eigenvalue weighted by Crippen LogP contribution is 2.08. The van der Waals surface area contributed by atoms with Gasteiger partial charge in [0, 0.05) is 6.92 Å². The van der Waals surface area contributed by atoms with Gasteiger partial charge in [-0.05, 0) is 6.08 Å². The van der Waals surface area contributed by atoms with Crippen LogP contribution >= 0.6 is 0 Å². The molecule has 1 rings (SSSR count). The fourth-order valence-electron chi connectivity index (χ4n) is 0.709. The third-order valence-corrected chi connectivity index (χ3v) is 1.11. The zero-order chi connectivity index (χ0) is 9.56. The third-order valence-electron chi connectivity index (χ3n) is 1.11. The Morgan fingerprint density at radius 1 is 1.50 bits per heavy atom. The lowest BCUT2D eigenvalue weighted by atomic mass is 10.3. The molecule has 12 heavy (non-hydrogen) atoms. The molecule has 66 valence electrons. The topological polar surface area (TPSA) is 49.9 Å². The summed E-state index contributed by atoms with van der Waals surface area (Å²) >= 11 is 0. The first kappa shape index (κ1) is 10.6. The van der Waals surface area contributed by atoms with E-state index in [1.54, 1.807) is 13.0 Å². The Morgan fingerprint density at radius 2 is 2.08 bits per heavy atom. The summed E-state index contributed by atoms with van der Waals surface area (Å²) in [6, 6.07) is 0. The van der Waals surface area contributed by atoms with Crippen molar-refractivity contribution in [2.24, 2.45) is 0 Å². The number of hydrogen-bond acceptors (Lipinski definition) is 3. The van der Waals surface area contributed by atoms with E-state index in [1.807, 2.05) is 13.8 Å². The van der Waals surface area contributed by atoms with Crippen molar-refractivity contribution in [2.75, 3.05) is 0 Å². The maximum absolute atomic E-state index is 6.89. The first-order chi connectivity index (χ1) is 5.77. The quantitative estimate of drug-likeness (QED) is 0.686. The van der Waals surface area contributed by atoms with Gasteiger partial charge in [0.15, 0.2) is 11.7 Å². The van der Waals surface area contributed by atoms with Gasteiger partial charge in [-0.15, -0.1) is 0 Å². The van der Waals surface area contributed by atoms with Crippen LogP contribution in [0.3, 0.4) is 0 Å². The minimum Gasteiger partial charge on any atom is -0.439 e. The molecule has 0 spiro atoms. The molecule has 0 atom stereocenters. The van der Waals surface area contributed by atoms with Crippen LogP contribution in [0.15, 0.2) is 11.0 Å². The summed E-state index contributed by atoms with van der Waals surface area (Å²) in [5.41, 5.74) is 0.632. The molecule has 0 saturated carbocycles. The monoisotopic (exact) mass is 166 g/mol. The highest BCUT2D eigenvalue weighted by atomic mass is 16.4. The van der Waals surface area contributed by atoms with E-state index in [9.17, 15) is 0 Å². The van der Waals surface area contributed by atoms with Crippen LogP contribution in [0.2, 0.25) is 0 Å². The van der Waals surface area contributed by atoms with Crippen LogP contribution in [-0.2, 0) is 0 Å². The number of aromatic nitrogens is 1. The first-order valence-corrected chi connectivity index (χ1v) is 3.88. The summed E-state index contributed by atoms with van der Waals surface area (Å²) in [5.74, 6) is 1.03. The molecule has 1 N–H and O–H groups in total. The highest BCUT2D eigenvalue weighted by Gasteiger charge is 2.02. The van der Waals surface area contributed by atoms with Crippen LogP contribution in [0.4, 0.5) is 0 Å². The van der Waals surface area contributed by atoms with Crippen LogP contribution in [0.1, 0.15) is 31.2 Å². The number of nitrogens with one attached hydrogen (secondary N) is 1. The minimum atomic E-state index is 0.465. The second kappa shape index (κ2) is 5.29. The molecule has 0 saturated heterocycles. The first-order valence-electron chi connectivity index (χ1n) is 3.88. The lowest BCUT2D eigenvalue weighted by Crippen LogP contribution is -1.78. The molecule has 0 aromatic carbocycles. The molecular formula is C9H14N2O. The van der Waals surface area contributed by atoms with Gasteiger partial charge in [0.2, 0.25) is 0 Å². The predicted octanol–water partition coefficient (Wildman–Crippen LogP) is 2.65. The Labute approximate surface area is 72.6 Å².